The summed E-state index contributed by atoms with van der Waals surface area (Å²) in [7, 11) is -2.85. The highest BCUT2D eigenvalue weighted by atomic mass is 28.4. The van der Waals surface area contributed by atoms with Gasteiger partial charge in [0.05, 0.1) is 31.2 Å². The van der Waals surface area contributed by atoms with Crippen LogP contribution in [-0.4, -0.2) is 56.0 Å². The quantitative estimate of drug-likeness (QED) is 0.124. The molecular formula is C42H51NO5Si. The van der Waals surface area contributed by atoms with Crippen molar-refractivity contribution in [2.24, 2.45) is 17.8 Å². The predicted octanol–water partition coefficient (Wildman–Crippen LogP) is 7.27. The van der Waals surface area contributed by atoms with Crippen molar-refractivity contribution in [2.75, 3.05) is 19.8 Å². The number of fused-ring (bicyclic) bond motifs is 3. The lowest BCUT2D eigenvalue weighted by molar-refractivity contribution is -0.140. The molecule has 7 heteroatoms. The lowest BCUT2D eigenvalue weighted by atomic mass is 9.69. The topological polar surface area (TPSA) is 76.1 Å². The Labute approximate surface area is 293 Å². The van der Waals surface area contributed by atoms with Crippen LogP contribution in [-0.2, 0) is 18.8 Å². The van der Waals surface area contributed by atoms with Gasteiger partial charge in [-0.3, -0.25) is 14.5 Å². The molecule has 1 N–H and O–H groups in total. The monoisotopic (exact) mass is 677 g/mol. The van der Waals surface area contributed by atoms with Gasteiger partial charge in [-0.2, -0.15) is 0 Å². The highest BCUT2D eigenvalue weighted by Gasteiger charge is 2.57. The molecule has 1 aliphatic carbocycles. The van der Waals surface area contributed by atoms with Crippen LogP contribution < -0.4 is 10.4 Å². The molecule has 3 aromatic carbocycles. The number of hydrogen-bond acceptors (Lipinski definition) is 5. The maximum atomic E-state index is 13.8. The maximum Gasteiger partial charge on any atom is 0.261 e. The Morgan fingerprint density at radius 1 is 0.939 bits per heavy atom. The van der Waals surface area contributed by atoms with Crippen molar-refractivity contribution in [2.45, 2.75) is 77.9 Å². The third-order valence-electron chi connectivity index (χ3n) is 10.8. The zero-order valence-electron chi connectivity index (χ0n) is 29.7. The van der Waals surface area contributed by atoms with E-state index in [-0.39, 0.29) is 46.5 Å². The molecule has 4 atom stereocenters. The Morgan fingerprint density at radius 2 is 1.61 bits per heavy atom. The molecule has 2 heterocycles. The molecule has 3 aromatic rings. The normalized spacial score (nSPS) is 22.9. The van der Waals surface area contributed by atoms with Crippen LogP contribution in [0.3, 0.4) is 0 Å². The summed E-state index contributed by atoms with van der Waals surface area (Å²) < 4.78 is 14.1. The third-order valence-corrected chi connectivity index (χ3v) is 15.8. The van der Waals surface area contributed by atoms with Crippen LogP contribution >= 0.6 is 0 Å². The molecule has 2 aliphatic heterocycles. The Balaban J connectivity index is 1.38. The van der Waals surface area contributed by atoms with Gasteiger partial charge < -0.3 is 14.3 Å². The third kappa shape index (κ3) is 6.73. The van der Waals surface area contributed by atoms with Gasteiger partial charge in [-0.25, -0.2) is 0 Å². The number of aromatic hydroxyl groups is 1. The first kappa shape index (κ1) is 35.1. The second-order valence-corrected chi connectivity index (χ2v) is 19.2. The molecule has 2 fully saturated rings. The number of likely N-dealkylation sites (tertiary alicyclic amines) is 1. The number of amides is 2. The van der Waals surface area contributed by atoms with E-state index in [1.807, 2.05) is 19.1 Å². The Hall–Kier alpha value is -3.78. The Bertz CT molecular complexity index is 1670. The molecular weight excluding hydrogens is 627 g/mol. The molecule has 6 rings (SSSR count). The second-order valence-electron chi connectivity index (χ2n) is 14.9. The standard InChI is InChI=1S/C42H51NO5Si/c1-6-23-43-40(45)35-26-31(27-48-49(42(3,4)5,33-17-10-8-11-18-33)34-19-12-9-13-20-34)38-36(39(35)41(43)46)28-47-37(38)22-21-29(7-2)24-30-15-14-16-32(44)25-30/h8-20,24-25,35-37,39,44H,6-7,21-23,26-28H2,1-5H3/b29-24+/t35-,36+,37-,39-/m1/s1. The van der Waals surface area contributed by atoms with Crippen molar-refractivity contribution in [1.82, 2.24) is 4.90 Å². The Kier molecular flexibility index (Phi) is 10.4. The lowest BCUT2D eigenvalue weighted by Crippen LogP contribution is -2.66. The number of imide groups is 1. The van der Waals surface area contributed by atoms with Gasteiger partial charge in [0.15, 0.2) is 0 Å². The number of carbonyl (C=O) groups excluding carboxylic acids is 2. The van der Waals surface area contributed by atoms with Gasteiger partial charge in [0.1, 0.15) is 5.75 Å². The summed E-state index contributed by atoms with van der Waals surface area (Å²) in [6.45, 7) is 12.3. The molecule has 0 spiro atoms. The highest BCUT2D eigenvalue weighted by molar-refractivity contribution is 6.99. The van der Waals surface area contributed by atoms with Crippen molar-refractivity contribution in [3.05, 3.63) is 107 Å². The summed E-state index contributed by atoms with van der Waals surface area (Å²) in [5.41, 5.74) is 4.58. The molecule has 0 unspecified atom stereocenters. The van der Waals surface area contributed by atoms with Crippen molar-refractivity contribution >= 4 is 36.6 Å². The molecule has 0 aromatic heterocycles. The molecule has 3 aliphatic rings. The molecule has 2 saturated heterocycles. The number of hydrogen-bond donors (Lipinski definition) is 1. The fraction of sp³-hybridized carbons (Fsp3) is 0.429. The van der Waals surface area contributed by atoms with Gasteiger partial charge >= 0.3 is 0 Å². The van der Waals surface area contributed by atoms with E-state index in [2.05, 4.69) is 94.4 Å². The van der Waals surface area contributed by atoms with Crippen molar-refractivity contribution < 1.29 is 23.9 Å². The summed E-state index contributed by atoms with van der Waals surface area (Å²) in [6, 6.07) is 28.7. The lowest BCUT2D eigenvalue weighted by Gasteiger charge is -2.44. The zero-order chi connectivity index (χ0) is 34.8. The average molecular weight is 678 g/mol. The predicted molar refractivity (Wildman–Crippen MR) is 198 cm³/mol. The van der Waals surface area contributed by atoms with Gasteiger partial charge in [-0.15, -0.1) is 0 Å². The number of phenolic OH excluding ortho intramolecular Hbond substituents is 1. The fourth-order valence-electron chi connectivity index (χ4n) is 8.59. The van der Waals surface area contributed by atoms with Gasteiger partial charge in [0.25, 0.3) is 8.32 Å². The van der Waals surface area contributed by atoms with Crippen molar-refractivity contribution in [3.63, 3.8) is 0 Å². The first-order valence-electron chi connectivity index (χ1n) is 18.0. The fourth-order valence-corrected chi connectivity index (χ4v) is 13.1. The van der Waals surface area contributed by atoms with Crippen LogP contribution in [0.25, 0.3) is 6.08 Å². The molecule has 6 nitrogen and oxygen atoms in total. The molecule has 2 amide bonds. The number of phenols is 1. The maximum absolute atomic E-state index is 13.8. The minimum Gasteiger partial charge on any atom is -0.508 e. The van der Waals surface area contributed by atoms with Gasteiger partial charge in [0, 0.05) is 12.5 Å². The van der Waals surface area contributed by atoms with Gasteiger partial charge in [0.2, 0.25) is 11.8 Å². The first-order chi connectivity index (χ1) is 23.6. The number of allylic oxidation sites excluding steroid dienone is 1. The summed E-state index contributed by atoms with van der Waals surface area (Å²) in [5, 5.41) is 12.3. The van der Waals surface area contributed by atoms with Crippen molar-refractivity contribution in [3.8, 4) is 5.75 Å². The van der Waals surface area contributed by atoms with Crippen LogP contribution in [0, 0.1) is 17.8 Å². The summed E-state index contributed by atoms with van der Waals surface area (Å²) >= 11 is 0. The summed E-state index contributed by atoms with van der Waals surface area (Å²) in [4.78, 5) is 29.1. The second kappa shape index (κ2) is 14.6. The average Bonchev–Trinajstić information content (AvgIpc) is 3.62. The first-order valence-corrected chi connectivity index (χ1v) is 19.9. The summed E-state index contributed by atoms with van der Waals surface area (Å²) in [5.74, 6) is -0.682. The number of carbonyl (C=O) groups is 2. The van der Waals surface area contributed by atoms with E-state index in [0.717, 1.165) is 36.8 Å². The molecule has 258 valence electrons. The van der Waals surface area contributed by atoms with Crippen LogP contribution in [0.15, 0.2) is 102 Å². The van der Waals surface area contributed by atoms with E-state index in [0.29, 0.717) is 26.2 Å². The van der Waals surface area contributed by atoms with E-state index < -0.39 is 8.32 Å². The number of benzene rings is 3. The smallest absolute Gasteiger partial charge is 0.261 e. The van der Waals surface area contributed by atoms with Crippen LogP contribution in [0.5, 0.6) is 5.75 Å². The van der Waals surface area contributed by atoms with Crippen LogP contribution in [0.4, 0.5) is 0 Å². The van der Waals surface area contributed by atoms with E-state index in [4.69, 9.17) is 9.16 Å². The summed E-state index contributed by atoms with van der Waals surface area (Å²) in [6.07, 6.45) is 5.79. The van der Waals surface area contributed by atoms with Crippen LogP contribution in [0.1, 0.15) is 72.3 Å². The Morgan fingerprint density at radius 3 is 2.20 bits per heavy atom. The molecule has 49 heavy (non-hydrogen) atoms. The van der Waals surface area contributed by atoms with E-state index in [1.54, 1.807) is 12.1 Å². The number of ether oxygens (including phenoxy) is 1. The number of rotatable bonds is 12. The highest BCUT2D eigenvalue weighted by Crippen LogP contribution is 2.50. The zero-order valence-corrected chi connectivity index (χ0v) is 30.7. The van der Waals surface area contributed by atoms with Gasteiger partial charge in [-0.05, 0) is 76.4 Å². The molecule has 0 radical (unpaired) electrons. The number of nitrogens with zero attached hydrogens (tertiary/aromatic N) is 1. The molecule has 0 bridgehead atoms. The minimum absolute atomic E-state index is 0.0337. The van der Waals surface area contributed by atoms with Crippen LogP contribution in [0.2, 0.25) is 5.04 Å². The van der Waals surface area contributed by atoms with Gasteiger partial charge in [-0.1, -0.05) is 119 Å². The van der Waals surface area contributed by atoms with E-state index in [9.17, 15) is 14.7 Å². The minimum atomic E-state index is -2.85. The van der Waals surface area contributed by atoms with E-state index in [1.165, 1.54) is 26.4 Å². The van der Waals surface area contributed by atoms with Crippen molar-refractivity contribution in [1.29, 1.82) is 0 Å². The van der Waals surface area contributed by atoms with E-state index >= 15 is 0 Å². The molecule has 0 saturated carbocycles. The SMILES string of the molecule is CCCN1C(=O)[C@@H]2[C@@H](CC(CO[Si](c3ccccc3)(c3ccccc3)C(C)(C)C)=C3[C@@H](CC/C(=C/c4cccc(O)c4)CC)OC[C@@H]32)C1=O. The largest absolute Gasteiger partial charge is 0.508 e.